The minimum Gasteiger partial charge on any atom is -0.496 e. The van der Waals surface area contributed by atoms with Gasteiger partial charge in [0.15, 0.2) is 0 Å². The van der Waals surface area contributed by atoms with Crippen molar-refractivity contribution >= 4 is 27.7 Å². The summed E-state index contributed by atoms with van der Waals surface area (Å²) in [5, 5.41) is 7.87. The average molecular weight is 380 g/mol. The molecule has 0 fully saturated rings. The molecule has 0 spiro atoms. The SMILES string of the molecule is COc1ccc(S(N)(=O)=O)cc1C(=O)NCCSCc1ccccc1. The Morgan fingerprint density at radius 3 is 2.56 bits per heavy atom. The van der Waals surface area contributed by atoms with E-state index in [2.05, 4.69) is 17.4 Å². The van der Waals surface area contributed by atoms with Crippen LogP contribution in [0, 0.1) is 0 Å². The van der Waals surface area contributed by atoms with Crippen LogP contribution in [-0.2, 0) is 15.8 Å². The number of methoxy groups -OCH3 is 1. The summed E-state index contributed by atoms with van der Waals surface area (Å²) in [6.07, 6.45) is 0. The number of benzene rings is 2. The van der Waals surface area contributed by atoms with Crippen molar-refractivity contribution in [3.05, 3.63) is 59.7 Å². The molecule has 0 aromatic heterocycles. The van der Waals surface area contributed by atoms with E-state index in [-0.39, 0.29) is 10.5 Å². The molecule has 0 saturated heterocycles. The van der Waals surface area contributed by atoms with Gasteiger partial charge in [-0.3, -0.25) is 4.79 Å². The maximum Gasteiger partial charge on any atom is 0.255 e. The van der Waals surface area contributed by atoms with Gasteiger partial charge in [-0.1, -0.05) is 30.3 Å². The molecule has 0 saturated carbocycles. The molecule has 2 aromatic rings. The molecule has 2 aromatic carbocycles. The number of amides is 1. The van der Waals surface area contributed by atoms with Gasteiger partial charge in [0, 0.05) is 18.1 Å². The van der Waals surface area contributed by atoms with Crippen LogP contribution in [0.5, 0.6) is 5.75 Å². The van der Waals surface area contributed by atoms with Gasteiger partial charge in [-0.05, 0) is 23.8 Å². The molecule has 3 N–H and O–H groups in total. The summed E-state index contributed by atoms with van der Waals surface area (Å²) in [4.78, 5) is 12.2. The monoisotopic (exact) mass is 380 g/mol. The summed E-state index contributed by atoms with van der Waals surface area (Å²) in [6.45, 7) is 0.457. The molecule has 0 aliphatic heterocycles. The zero-order chi connectivity index (χ0) is 18.3. The van der Waals surface area contributed by atoms with Crippen LogP contribution in [0.1, 0.15) is 15.9 Å². The van der Waals surface area contributed by atoms with E-state index in [1.807, 2.05) is 18.2 Å². The summed E-state index contributed by atoms with van der Waals surface area (Å²) in [5.41, 5.74) is 1.36. The first-order chi connectivity index (χ1) is 11.9. The standard InChI is InChI=1S/C17H20N2O4S2/c1-23-16-8-7-14(25(18,21)22)11-15(16)17(20)19-9-10-24-12-13-5-3-2-4-6-13/h2-8,11H,9-10,12H2,1H3,(H,19,20)(H2,18,21,22). The van der Waals surface area contributed by atoms with Gasteiger partial charge in [-0.25, -0.2) is 13.6 Å². The minimum atomic E-state index is -3.88. The van der Waals surface area contributed by atoms with Crippen LogP contribution < -0.4 is 15.2 Å². The Kier molecular flexibility index (Phi) is 6.86. The van der Waals surface area contributed by atoms with Crippen LogP contribution in [0.3, 0.4) is 0 Å². The highest BCUT2D eigenvalue weighted by Crippen LogP contribution is 2.22. The van der Waals surface area contributed by atoms with Crippen molar-refractivity contribution in [1.29, 1.82) is 0 Å². The summed E-state index contributed by atoms with van der Waals surface area (Å²) in [5.74, 6) is 1.49. The molecule has 0 radical (unpaired) electrons. The number of carbonyl (C=O) groups is 1. The van der Waals surface area contributed by atoms with Crippen molar-refractivity contribution in [3.63, 3.8) is 0 Å². The number of primary sulfonamides is 1. The van der Waals surface area contributed by atoms with Crippen LogP contribution >= 0.6 is 11.8 Å². The van der Waals surface area contributed by atoms with E-state index in [1.165, 1.54) is 30.9 Å². The van der Waals surface area contributed by atoms with Crippen molar-refractivity contribution in [1.82, 2.24) is 5.32 Å². The van der Waals surface area contributed by atoms with E-state index in [0.29, 0.717) is 12.3 Å². The van der Waals surface area contributed by atoms with Gasteiger partial charge in [-0.15, -0.1) is 0 Å². The van der Waals surface area contributed by atoms with Crippen LogP contribution in [0.2, 0.25) is 0 Å². The second kappa shape index (κ2) is 8.89. The van der Waals surface area contributed by atoms with E-state index in [9.17, 15) is 13.2 Å². The summed E-state index contributed by atoms with van der Waals surface area (Å²) in [6, 6.07) is 14.0. The molecule has 0 aliphatic rings. The number of hydrogen-bond donors (Lipinski definition) is 2. The first-order valence-corrected chi connectivity index (χ1v) is 10.2. The van der Waals surface area contributed by atoms with Crippen molar-refractivity contribution in [3.8, 4) is 5.75 Å². The number of sulfonamides is 1. The molecule has 1 amide bonds. The number of hydrogen-bond acceptors (Lipinski definition) is 5. The van der Waals surface area contributed by atoms with Gasteiger partial charge >= 0.3 is 0 Å². The normalized spacial score (nSPS) is 11.1. The summed E-state index contributed by atoms with van der Waals surface area (Å²) < 4.78 is 28.0. The number of thioether (sulfide) groups is 1. The molecule has 0 aliphatic carbocycles. The molecule has 25 heavy (non-hydrogen) atoms. The smallest absolute Gasteiger partial charge is 0.255 e. The predicted molar refractivity (Wildman–Crippen MR) is 99.3 cm³/mol. The molecule has 8 heteroatoms. The molecule has 0 heterocycles. The second-order valence-electron chi connectivity index (χ2n) is 5.20. The van der Waals surface area contributed by atoms with Crippen molar-refractivity contribution in [2.24, 2.45) is 5.14 Å². The van der Waals surface area contributed by atoms with Gasteiger partial charge < -0.3 is 10.1 Å². The highest BCUT2D eigenvalue weighted by molar-refractivity contribution is 7.98. The number of rotatable bonds is 8. The predicted octanol–water partition coefficient (Wildman–Crippen LogP) is 2.01. The van der Waals surface area contributed by atoms with E-state index in [1.54, 1.807) is 11.8 Å². The quantitative estimate of drug-likeness (QED) is 0.683. The maximum absolute atomic E-state index is 12.3. The van der Waals surface area contributed by atoms with Gasteiger partial charge in [0.2, 0.25) is 10.0 Å². The fourth-order valence-corrected chi connectivity index (χ4v) is 3.50. The zero-order valence-corrected chi connectivity index (χ0v) is 15.4. The van der Waals surface area contributed by atoms with E-state index in [4.69, 9.17) is 9.88 Å². The second-order valence-corrected chi connectivity index (χ2v) is 7.87. The Bertz CT molecular complexity index is 824. The lowest BCUT2D eigenvalue weighted by atomic mass is 10.2. The average Bonchev–Trinajstić information content (AvgIpc) is 2.60. The fourth-order valence-electron chi connectivity index (χ4n) is 2.14. The Morgan fingerprint density at radius 2 is 1.92 bits per heavy atom. The molecule has 134 valence electrons. The molecule has 2 rings (SSSR count). The van der Waals surface area contributed by atoms with Crippen LogP contribution in [-0.4, -0.2) is 33.7 Å². The van der Waals surface area contributed by atoms with Crippen molar-refractivity contribution in [2.75, 3.05) is 19.4 Å². The Morgan fingerprint density at radius 1 is 1.20 bits per heavy atom. The third-order valence-corrected chi connectivity index (χ3v) is 5.33. The first-order valence-electron chi connectivity index (χ1n) is 7.52. The largest absolute Gasteiger partial charge is 0.496 e. The molecule has 6 nitrogen and oxygen atoms in total. The lowest BCUT2D eigenvalue weighted by molar-refractivity contribution is 0.0953. The van der Waals surface area contributed by atoms with Gasteiger partial charge in [-0.2, -0.15) is 11.8 Å². The lowest BCUT2D eigenvalue weighted by Crippen LogP contribution is -2.26. The Labute approximate surface area is 151 Å². The van der Waals surface area contributed by atoms with Gasteiger partial charge in [0.25, 0.3) is 5.91 Å². The highest BCUT2D eigenvalue weighted by atomic mass is 32.2. The highest BCUT2D eigenvalue weighted by Gasteiger charge is 2.17. The van der Waals surface area contributed by atoms with E-state index >= 15 is 0 Å². The molecule has 0 unspecified atom stereocenters. The maximum atomic E-state index is 12.3. The fraction of sp³-hybridized carbons (Fsp3) is 0.235. The van der Waals surface area contributed by atoms with Crippen LogP contribution in [0.25, 0.3) is 0 Å². The number of nitrogens with one attached hydrogen (secondary N) is 1. The van der Waals surface area contributed by atoms with E-state index < -0.39 is 15.9 Å². The third kappa shape index (κ3) is 5.77. The lowest BCUT2D eigenvalue weighted by Gasteiger charge is -2.10. The summed E-state index contributed by atoms with van der Waals surface area (Å²) >= 11 is 1.70. The Balaban J connectivity index is 1.91. The minimum absolute atomic E-state index is 0.128. The van der Waals surface area contributed by atoms with Gasteiger partial charge in [0.05, 0.1) is 17.6 Å². The van der Waals surface area contributed by atoms with Crippen LogP contribution in [0.15, 0.2) is 53.4 Å². The number of carbonyl (C=O) groups excluding carboxylic acids is 1. The zero-order valence-electron chi connectivity index (χ0n) is 13.8. The molecular weight excluding hydrogens is 360 g/mol. The molecule has 0 atom stereocenters. The Hall–Kier alpha value is -2.03. The summed E-state index contributed by atoms with van der Waals surface area (Å²) in [7, 11) is -2.47. The molecular formula is C17H20N2O4S2. The van der Waals surface area contributed by atoms with Gasteiger partial charge in [0.1, 0.15) is 5.75 Å². The van der Waals surface area contributed by atoms with Crippen LogP contribution in [0.4, 0.5) is 0 Å². The topological polar surface area (TPSA) is 98.5 Å². The first kappa shape index (κ1) is 19.3. The molecule has 0 bridgehead atoms. The number of ether oxygens (including phenoxy) is 1. The van der Waals surface area contributed by atoms with E-state index in [0.717, 1.165) is 11.5 Å². The van der Waals surface area contributed by atoms with Crippen molar-refractivity contribution < 1.29 is 17.9 Å². The van der Waals surface area contributed by atoms with Crippen molar-refractivity contribution in [2.45, 2.75) is 10.6 Å². The third-order valence-electron chi connectivity index (χ3n) is 3.39. The number of nitrogens with two attached hydrogens (primary N) is 1.